The van der Waals surface area contributed by atoms with Crippen LogP contribution in [0.4, 0.5) is 0 Å². The van der Waals surface area contributed by atoms with Gasteiger partial charge in [0.25, 0.3) is 0 Å². The summed E-state index contributed by atoms with van der Waals surface area (Å²) in [5.74, 6) is 0.834. The van der Waals surface area contributed by atoms with E-state index in [4.69, 9.17) is 26.1 Å². The predicted octanol–water partition coefficient (Wildman–Crippen LogP) is 4.41. The monoisotopic (exact) mass is 509 g/mol. The van der Waals surface area contributed by atoms with Crippen molar-refractivity contribution in [3.63, 3.8) is 0 Å². The lowest BCUT2D eigenvalue weighted by Crippen LogP contribution is -2.41. The topological polar surface area (TPSA) is 54.9 Å². The molecule has 1 aromatic carbocycles. The Morgan fingerprint density at radius 1 is 1.30 bits per heavy atom. The molecule has 0 spiro atoms. The number of aliphatic imine (C=N–C) groups is 1. The minimum atomic E-state index is -0.0799. The molecule has 27 heavy (non-hydrogen) atoms. The normalized spacial score (nSPS) is 16.8. The van der Waals surface area contributed by atoms with E-state index in [1.165, 1.54) is 19.3 Å². The van der Waals surface area contributed by atoms with Crippen LogP contribution in [0.25, 0.3) is 0 Å². The summed E-state index contributed by atoms with van der Waals surface area (Å²) in [6.07, 6.45) is 4.77. The Labute approximate surface area is 185 Å². The molecule has 0 aliphatic heterocycles. The highest BCUT2D eigenvalue weighted by Gasteiger charge is 2.36. The van der Waals surface area contributed by atoms with E-state index < -0.39 is 0 Å². The average Bonchev–Trinajstić information content (AvgIpc) is 2.61. The van der Waals surface area contributed by atoms with Gasteiger partial charge in [-0.2, -0.15) is 0 Å². The number of halogens is 2. The SMILES string of the molecule is CCNC(=NCC1(CCOC)CCC1)NCC(OC)c1cccc(Cl)c1.I. The Balaban J connectivity index is 0.00000364. The molecule has 1 aliphatic rings. The molecule has 0 amide bonds. The van der Waals surface area contributed by atoms with Crippen molar-refractivity contribution in [1.82, 2.24) is 10.6 Å². The van der Waals surface area contributed by atoms with Crippen LogP contribution < -0.4 is 10.6 Å². The molecular formula is C20H33ClIN3O2. The van der Waals surface area contributed by atoms with Crippen molar-refractivity contribution in [1.29, 1.82) is 0 Å². The van der Waals surface area contributed by atoms with E-state index in [0.29, 0.717) is 12.0 Å². The number of ether oxygens (including phenoxy) is 2. The highest BCUT2D eigenvalue weighted by molar-refractivity contribution is 14.0. The van der Waals surface area contributed by atoms with Gasteiger partial charge in [-0.1, -0.05) is 30.2 Å². The Morgan fingerprint density at radius 3 is 2.63 bits per heavy atom. The van der Waals surface area contributed by atoms with E-state index in [1.54, 1.807) is 14.2 Å². The van der Waals surface area contributed by atoms with Crippen LogP contribution >= 0.6 is 35.6 Å². The second-order valence-corrected chi connectivity index (χ2v) is 7.39. The molecule has 1 saturated carbocycles. The summed E-state index contributed by atoms with van der Waals surface area (Å²) in [5.41, 5.74) is 1.37. The largest absolute Gasteiger partial charge is 0.385 e. The summed E-state index contributed by atoms with van der Waals surface area (Å²) < 4.78 is 10.9. The summed E-state index contributed by atoms with van der Waals surface area (Å²) in [5, 5.41) is 7.45. The minimum Gasteiger partial charge on any atom is -0.385 e. The van der Waals surface area contributed by atoms with Gasteiger partial charge >= 0.3 is 0 Å². The Kier molecular flexibility index (Phi) is 11.6. The minimum absolute atomic E-state index is 0. The summed E-state index contributed by atoms with van der Waals surface area (Å²) in [4.78, 5) is 4.84. The molecule has 1 aromatic rings. The third-order valence-corrected chi connectivity index (χ3v) is 5.36. The van der Waals surface area contributed by atoms with Gasteiger partial charge in [-0.05, 0) is 49.3 Å². The zero-order valence-electron chi connectivity index (χ0n) is 16.6. The van der Waals surface area contributed by atoms with Crippen molar-refractivity contribution in [2.24, 2.45) is 10.4 Å². The molecule has 0 saturated heterocycles. The van der Waals surface area contributed by atoms with E-state index in [0.717, 1.165) is 42.7 Å². The lowest BCUT2D eigenvalue weighted by molar-refractivity contribution is 0.0777. The van der Waals surface area contributed by atoms with Gasteiger partial charge in [-0.3, -0.25) is 4.99 Å². The van der Waals surface area contributed by atoms with E-state index in [9.17, 15) is 0 Å². The smallest absolute Gasteiger partial charge is 0.191 e. The predicted molar refractivity (Wildman–Crippen MR) is 123 cm³/mol. The van der Waals surface area contributed by atoms with Gasteiger partial charge in [-0.25, -0.2) is 0 Å². The average molecular weight is 510 g/mol. The molecule has 1 unspecified atom stereocenters. The third kappa shape index (κ3) is 7.75. The molecule has 1 fully saturated rings. The Bertz CT molecular complexity index is 582. The fraction of sp³-hybridized carbons (Fsp3) is 0.650. The Hall–Kier alpha value is -0.570. The Morgan fingerprint density at radius 2 is 2.07 bits per heavy atom. The quantitative estimate of drug-likeness (QED) is 0.279. The molecule has 0 aromatic heterocycles. The molecule has 1 atom stereocenters. The first-order valence-electron chi connectivity index (χ1n) is 9.42. The van der Waals surface area contributed by atoms with Gasteiger partial charge < -0.3 is 20.1 Å². The number of nitrogens with zero attached hydrogens (tertiary/aromatic N) is 1. The molecule has 2 N–H and O–H groups in total. The second kappa shape index (κ2) is 12.8. The summed E-state index contributed by atoms with van der Waals surface area (Å²) in [6.45, 7) is 5.17. The maximum absolute atomic E-state index is 6.10. The first-order valence-corrected chi connectivity index (χ1v) is 9.79. The first-order chi connectivity index (χ1) is 12.6. The van der Waals surface area contributed by atoms with Crippen molar-refractivity contribution in [2.45, 2.75) is 38.7 Å². The van der Waals surface area contributed by atoms with Crippen LogP contribution in [0.3, 0.4) is 0 Å². The number of nitrogens with one attached hydrogen (secondary N) is 2. The van der Waals surface area contributed by atoms with Gasteiger partial charge in [0.1, 0.15) is 0 Å². The van der Waals surface area contributed by atoms with Gasteiger partial charge in [-0.15, -0.1) is 24.0 Å². The molecule has 5 nitrogen and oxygen atoms in total. The van der Waals surface area contributed by atoms with Crippen LogP contribution in [0.5, 0.6) is 0 Å². The molecule has 7 heteroatoms. The van der Waals surface area contributed by atoms with Crippen molar-refractivity contribution >= 4 is 41.5 Å². The number of methoxy groups -OCH3 is 2. The third-order valence-electron chi connectivity index (χ3n) is 5.13. The molecule has 2 rings (SSSR count). The fourth-order valence-corrected chi connectivity index (χ4v) is 3.50. The van der Waals surface area contributed by atoms with Crippen molar-refractivity contribution in [3.8, 4) is 0 Å². The maximum atomic E-state index is 6.10. The number of rotatable bonds is 10. The van der Waals surface area contributed by atoms with Crippen molar-refractivity contribution < 1.29 is 9.47 Å². The van der Waals surface area contributed by atoms with Crippen LogP contribution in [-0.4, -0.2) is 46.4 Å². The van der Waals surface area contributed by atoms with Crippen LogP contribution in [0.1, 0.15) is 44.3 Å². The number of hydrogen-bond donors (Lipinski definition) is 2. The van der Waals surface area contributed by atoms with Gasteiger partial charge in [0.15, 0.2) is 5.96 Å². The maximum Gasteiger partial charge on any atom is 0.191 e. The van der Waals surface area contributed by atoms with Crippen LogP contribution in [0.15, 0.2) is 29.3 Å². The molecular weight excluding hydrogens is 477 g/mol. The van der Waals surface area contributed by atoms with E-state index in [-0.39, 0.29) is 30.1 Å². The van der Waals surface area contributed by atoms with Crippen LogP contribution in [-0.2, 0) is 9.47 Å². The molecule has 0 heterocycles. The summed E-state index contributed by atoms with van der Waals surface area (Å²) in [7, 11) is 3.48. The lowest BCUT2D eigenvalue weighted by Gasteiger charge is -2.40. The number of hydrogen-bond acceptors (Lipinski definition) is 3. The van der Waals surface area contributed by atoms with Gasteiger partial charge in [0.2, 0.25) is 0 Å². The van der Waals surface area contributed by atoms with Crippen molar-refractivity contribution in [2.75, 3.05) is 40.5 Å². The van der Waals surface area contributed by atoms with E-state index in [2.05, 4.69) is 17.6 Å². The summed E-state index contributed by atoms with van der Waals surface area (Å²) >= 11 is 6.10. The molecule has 154 valence electrons. The lowest BCUT2D eigenvalue weighted by atomic mass is 9.67. The van der Waals surface area contributed by atoms with E-state index in [1.807, 2.05) is 24.3 Å². The highest BCUT2D eigenvalue weighted by Crippen LogP contribution is 2.44. The van der Waals surface area contributed by atoms with Crippen LogP contribution in [0, 0.1) is 5.41 Å². The zero-order chi connectivity index (χ0) is 18.8. The molecule has 1 aliphatic carbocycles. The van der Waals surface area contributed by atoms with Gasteiger partial charge in [0.05, 0.1) is 6.10 Å². The first kappa shape index (κ1) is 24.5. The molecule has 0 bridgehead atoms. The summed E-state index contributed by atoms with van der Waals surface area (Å²) in [6, 6.07) is 7.78. The highest BCUT2D eigenvalue weighted by atomic mass is 127. The number of guanidine groups is 1. The van der Waals surface area contributed by atoms with Crippen molar-refractivity contribution in [3.05, 3.63) is 34.9 Å². The standard InChI is InChI=1S/C20H32ClN3O2.HI/c1-4-22-19(24-15-20(9-6-10-20)11-12-25-2)23-14-18(26-3)16-7-5-8-17(21)13-16;/h5,7-8,13,18H,4,6,9-12,14-15H2,1-3H3,(H2,22,23,24);1H. The van der Waals surface area contributed by atoms with E-state index >= 15 is 0 Å². The van der Waals surface area contributed by atoms with Gasteiger partial charge in [0, 0.05) is 45.5 Å². The fourth-order valence-electron chi connectivity index (χ4n) is 3.30. The second-order valence-electron chi connectivity index (χ2n) is 6.95. The number of benzene rings is 1. The van der Waals surface area contributed by atoms with Crippen LogP contribution in [0.2, 0.25) is 5.02 Å². The zero-order valence-corrected chi connectivity index (χ0v) is 19.7. The molecule has 0 radical (unpaired) electrons.